The van der Waals surface area contributed by atoms with Crippen molar-refractivity contribution in [2.75, 3.05) is 19.6 Å². The van der Waals surface area contributed by atoms with Gasteiger partial charge in [0.05, 0.1) is 17.3 Å². The summed E-state index contributed by atoms with van der Waals surface area (Å²) in [5.41, 5.74) is 4.64. The van der Waals surface area contributed by atoms with Crippen molar-refractivity contribution in [1.29, 1.82) is 0 Å². The Morgan fingerprint density at radius 3 is 2.62 bits per heavy atom. The van der Waals surface area contributed by atoms with Gasteiger partial charge in [0.2, 0.25) is 0 Å². The molecule has 1 atom stereocenters. The Bertz CT molecular complexity index is 490. The van der Waals surface area contributed by atoms with Gasteiger partial charge in [0, 0.05) is 6.54 Å². The smallest absolute Gasteiger partial charge is 0.307 e. The van der Waals surface area contributed by atoms with Crippen molar-refractivity contribution in [3.8, 4) is 0 Å². The molecule has 7 nitrogen and oxygen atoms in total. The summed E-state index contributed by atoms with van der Waals surface area (Å²) >= 11 is 1.27. The van der Waals surface area contributed by atoms with Crippen molar-refractivity contribution >= 4 is 29.1 Å². The molecule has 0 radical (unpaired) electrons. The lowest BCUT2D eigenvalue weighted by Gasteiger charge is -2.21. The van der Waals surface area contributed by atoms with Crippen LogP contribution in [0.5, 0.6) is 0 Å². The van der Waals surface area contributed by atoms with Gasteiger partial charge in [0.15, 0.2) is 0 Å². The van der Waals surface area contributed by atoms with Crippen LogP contribution in [0.25, 0.3) is 0 Å². The van der Waals surface area contributed by atoms with Gasteiger partial charge in [0.25, 0.3) is 11.8 Å². The van der Waals surface area contributed by atoms with Gasteiger partial charge in [-0.15, -0.1) is 11.3 Å². The molecule has 21 heavy (non-hydrogen) atoms. The lowest BCUT2D eigenvalue weighted by molar-refractivity contribution is -0.142. The van der Waals surface area contributed by atoms with E-state index in [2.05, 4.69) is 10.9 Å². The van der Waals surface area contributed by atoms with E-state index in [9.17, 15) is 14.4 Å². The molecular formula is C13H19N3O4S. The quantitative estimate of drug-likeness (QED) is 0.639. The van der Waals surface area contributed by atoms with Crippen LogP contribution in [0.2, 0.25) is 0 Å². The van der Waals surface area contributed by atoms with Crippen molar-refractivity contribution in [1.82, 2.24) is 15.8 Å². The normalized spacial score (nSPS) is 12.0. The average molecular weight is 313 g/mol. The first-order chi connectivity index (χ1) is 9.93. The zero-order valence-corrected chi connectivity index (χ0v) is 12.8. The zero-order chi connectivity index (χ0) is 15.8. The molecule has 0 aliphatic carbocycles. The Labute approximate surface area is 126 Å². The van der Waals surface area contributed by atoms with E-state index < -0.39 is 11.9 Å². The fraction of sp³-hybridized carbons (Fsp3) is 0.462. The fourth-order valence-corrected chi connectivity index (χ4v) is 2.23. The minimum atomic E-state index is -0.903. The molecule has 0 fully saturated rings. The van der Waals surface area contributed by atoms with Crippen LogP contribution in [0.15, 0.2) is 17.5 Å². The van der Waals surface area contributed by atoms with Gasteiger partial charge in [-0.3, -0.25) is 30.1 Å². The van der Waals surface area contributed by atoms with Crippen LogP contribution in [-0.2, 0) is 9.59 Å². The Kier molecular flexibility index (Phi) is 6.83. The maximum absolute atomic E-state index is 11.7. The lowest BCUT2D eigenvalue weighted by Crippen LogP contribution is -2.47. The summed E-state index contributed by atoms with van der Waals surface area (Å²) in [5, 5.41) is 10.6. The minimum absolute atomic E-state index is 0.0266. The number of rotatable bonds is 7. The zero-order valence-electron chi connectivity index (χ0n) is 12.0. The maximum Gasteiger partial charge on any atom is 0.307 e. The van der Waals surface area contributed by atoms with E-state index in [4.69, 9.17) is 5.11 Å². The summed E-state index contributed by atoms with van der Waals surface area (Å²) in [6.07, 6.45) is 0. The van der Waals surface area contributed by atoms with Gasteiger partial charge in [-0.25, -0.2) is 0 Å². The largest absolute Gasteiger partial charge is 0.481 e. The third-order valence-electron chi connectivity index (χ3n) is 2.83. The van der Waals surface area contributed by atoms with E-state index in [1.807, 2.05) is 6.92 Å². The SMILES string of the molecule is CCN(CC(=O)NNC(=O)c1cccs1)CC(C)C(=O)O. The molecular weight excluding hydrogens is 294 g/mol. The first-order valence-corrected chi connectivity index (χ1v) is 7.39. The number of hydrogen-bond donors (Lipinski definition) is 3. The second-order valence-corrected chi connectivity index (χ2v) is 5.49. The summed E-state index contributed by atoms with van der Waals surface area (Å²) in [6.45, 7) is 4.27. The summed E-state index contributed by atoms with van der Waals surface area (Å²) in [6, 6.07) is 3.40. The van der Waals surface area contributed by atoms with Crippen LogP contribution in [0.1, 0.15) is 23.5 Å². The van der Waals surface area contributed by atoms with Crippen molar-refractivity contribution in [2.45, 2.75) is 13.8 Å². The first-order valence-electron chi connectivity index (χ1n) is 6.51. The molecule has 2 amide bonds. The van der Waals surface area contributed by atoms with E-state index in [0.717, 1.165) is 0 Å². The standard InChI is InChI=1S/C13H19N3O4S/c1-3-16(7-9(2)13(19)20)8-11(17)14-15-12(18)10-5-4-6-21-10/h4-6,9H,3,7-8H2,1-2H3,(H,14,17)(H,15,18)(H,19,20). The van der Waals surface area contributed by atoms with Crippen LogP contribution in [-0.4, -0.2) is 47.4 Å². The molecule has 3 N–H and O–H groups in total. The highest BCUT2D eigenvalue weighted by Crippen LogP contribution is 2.07. The number of nitrogens with one attached hydrogen (secondary N) is 2. The molecule has 0 bridgehead atoms. The molecule has 0 aromatic carbocycles. The third-order valence-corrected chi connectivity index (χ3v) is 3.70. The van der Waals surface area contributed by atoms with Crippen molar-refractivity contribution in [3.63, 3.8) is 0 Å². The number of amides is 2. The number of hydrazine groups is 1. The Morgan fingerprint density at radius 2 is 2.10 bits per heavy atom. The number of carbonyl (C=O) groups excluding carboxylic acids is 2. The number of nitrogens with zero attached hydrogens (tertiary/aromatic N) is 1. The van der Waals surface area contributed by atoms with Crippen LogP contribution in [0, 0.1) is 5.92 Å². The van der Waals surface area contributed by atoms with Crippen LogP contribution in [0.4, 0.5) is 0 Å². The number of carboxylic acid groups (broad SMARTS) is 1. The number of aliphatic carboxylic acids is 1. The van der Waals surface area contributed by atoms with Crippen LogP contribution >= 0.6 is 11.3 Å². The number of likely N-dealkylation sites (N-methyl/N-ethyl adjacent to an activating group) is 1. The highest BCUT2D eigenvalue weighted by atomic mass is 32.1. The van der Waals surface area contributed by atoms with E-state index in [-0.39, 0.29) is 24.9 Å². The van der Waals surface area contributed by atoms with Crippen molar-refractivity contribution in [2.24, 2.45) is 5.92 Å². The molecule has 1 aromatic rings. The molecule has 116 valence electrons. The monoisotopic (exact) mass is 313 g/mol. The van der Waals surface area contributed by atoms with Crippen LogP contribution in [0.3, 0.4) is 0 Å². The first kappa shape index (κ1) is 17.1. The number of carbonyl (C=O) groups is 3. The molecule has 0 aliphatic rings. The highest BCUT2D eigenvalue weighted by molar-refractivity contribution is 7.12. The second-order valence-electron chi connectivity index (χ2n) is 4.55. The maximum atomic E-state index is 11.7. The van der Waals surface area contributed by atoms with Gasteiger partial charge in [-0.2, -0.15) is 0 Å². The molecule has 0 aliphatic heterocycles. The predicted octanol–water partition coefficient (Wildman–Crippen LogP) is 0.552. The Balaban J connectivity index is 2.37. The third kappa shape index (κ3) is 5.92. The second kappa shape index (κ2) is 8.38. The van der Waals surface area contributed by atoms with E-state index in [1.54, 1.807) is 29.3 Å². The minimum Gasteiger partial charge on any atom is -0.481 e. The predicted molar refractivity (Wildman–Crippen MR) is 78.8 cm³/mol. The topological polar surface area (TPSA) is 98.7 Å². The van der Waals surface area contributed by atoms with E-state index >= 15 is 0 Å². The van der Waals surface area contributed by atoms with E-state index in [0.29, 0.717) is 11.4 Å². The van der Waals surface area contributed by atoms with Gasteiger partial charge in [-0.05, 0) is 18.0 Å². The number of carboxylic acids is 1. The molecule has 0 saturated heterocycles. The molecule has 1 unspecified atom stereocenters. The Morgan fingerprint density at radius 1 is 1.38 bits per heavy atom. The van der Waals surface area contributed by atoms with Gasteiger partial charge >= 0.3 is 5.97 Å². The molecule has 8 heteroatoms. The summed E-state index contributed by atoms with van der Waals surface area (Å²) in [7, 11) is 0. The molecule has 0 saturated carbocycles. The lowest BCUT2D eigenvalue weighted by atomic mass is 10.1. The highest BCUT2D eigenvalue weighted by Gasteiger charge is 2.17. The molecule has 1 heterocycles. The van der Waals surface area contributed by atoms with Crippen LogP contribution < -0.4 is 10.9 Å². The van der Waals surface area contributed by atoms with Gasteiger partial charge in [0.1, 0.15) is 0 Å². The number of thiophene rings is 1. The van der Waals surface area contributed by atoms with Crippen molar-refractivity contribution < 1.29 is 19.5 Å². The summed E-state index contributed by atoms with van der Waals surface area (Å²) in [4.78, 5) is 36.4. The van der Waals surface area contributed by atoms with Gasteiger partial charge < -0.3 is 5.11 Å². The van der Waals surface area contributed by atoms with Gasteiger partial charge in [-0.1, -0.05) is 19.9 Å². The molecule has 0 spiro atoms. The van der Waals surface area contributed by atoms with Crippen molar-refractivity contribution in [3.05, 3.63) is 22.4 Å². The fourth-order valence-electron chi connectivity index (χ4n) is 1.61. The molecule has 1 aromatic heterocycles. The Hall–Kier alpha value is -1.93. The number of hydrogen-bond acceptors (Lipinski definition) is 5. The summed E-state index contributed by atoms with van der Waals surface area (Å²) < 4.78 is 0. The molecule has 1 rings (SSSR count). The average Bonchev–Trinajstić information content (AvgIpc) is 2.97. The summed E-state index contributed by atoms with van der Waals surface area (Å²) in [5.74, 6) is -2.22. The van der Waals surface area contributed by atoms with E-state index in [1.165, 1.54) is 11.3 Å².